The first-order valence-electron chi connectivity index (χ1n) is 18.7. The molecular formula is C46H31F3NO5PS. The van der Waals surface area contributed by atoms with E-state index in [2.05, 4.69) is 12.1 Å². The highest BCUT2D eigenvalue weighted by Crippen LogP contribution is 2.66. The van der Waals surface area contributed by atoms with Crippen LogP contribution in [0, 0.1) is 0 Å². The molecule has 282 valence electrons. The molecule has 8 aromatic rings. The maximum atomic E-state index is 15.5. The lowest BCUT2D eigenvalue weighted by atomic mass is 9.74. The normalized spacial score (nSPS) is 16.5. The zero-order valence-corrected chi connectivity index (χ0v) is 31.8. The summed E-state index contributed by atoms with van der Waals surface area (Å²) in [6.45, 7) is 0. The molecule has 0 fully saturated rings. The molecule has 0 amide bonds. The Morgan fingerprint density at radius 1 is 0.561 bits per heavy atom. The van der Waals surface area contributed by atoms with Crippen LogP contribution in [0.15, 0.2) is 133 Å². The molecule has 0 saturated heterocycles. The standard InChI is InChI=1S/C46H31F3NO5PS/c47-46(48,49)57(52,53)50-56(51)54-43-37(39-33-13-5-1-9-29(33)25-30-10-2-6-14-34(30)39)19-17-27-21-23-45(41(27)43)24-22-28-18-20-38(44(55-56)42(28)45)40-35-15-7-3-11-31(35)26-32-12-4-8-16-36(32)40/h1-20,25-26H,21-24H2,(H,50,51). The lowest BCUT2D eigenvalue weighted by Gasteiger charge is -2.36. The maximum absolute atomic E-state index is 15.5. The second-order valence-corrected chi connectivity index (χ2v) is 18.7. The van der Waals surface area contributed by atoms with Gasteiger partial charge in [0.25, 0.3) is 0 Å². The minimum Gasteiger partial charge on any atom is -0.403 e. The van der Waals surface area contributed by atoms with Gasteiger partial charge < -0.3 is 9.05 Å². The molecule has 6 nitrogen and oxygen atoms in total. The number of sulfonamides is 1. The van der Waals surface area contributed by atoms with E-state index in [0.717, 1.165) is 65.3 Å². The van der Waals surface area contributed by atoms with Crippen molar-refractivity contribution >= 4 is 60.9 Å². The third-order valence-electron chi connectivity index (χ3n) is 12.1. The van der Waals surface area contributed by atoms with Gasteiger partial charge in [-0.2, -0.15) is 13.2 Å². The largest absolute Gasteiger partial charge is 0.526 e. The molecule has 0 radical (unpaired) electrons. The first-order valence-corrected chi connectivity index (χ1v) is 21.7. The average Bonchev–Trinajstić information content (AvgIpc) is 3.76. The van der Waals surface area contributed by atoms with Crippen LogP contribution in [0.4, 0.5) is 13.2 Å². The van der Waals surface area contributed by atoms with E-state index in [4.69, 9.17) is 9.05 Å². The van der Waals surface area contributed by atoms with Crippen molar-refractivity contribution in [3.05, 3.63) is 156 Å². The van der Waals surface area contributed by atoms with Gasteiger partial charge in [-0.05, 0) is 92.0 Å². The summed E-state index contributed by atoms with van der Waals surface area (Å²) in [5.74, 6) is 0.110. The summed E-state index contributed by atoms with van der Waals surface area (Å²) in [5.41, 5.74) is -0.959. The van der Waals surface area contributed by atoms with Gasteiger partial charge in [0.15, 0.2) is 0 Å². The summed E-state index contributed by atoms with van der Waals surface area (Å²) in [6.07, 6.45) is 2.50. The fourth-order valence-electron chi connectivity index (χ4n) is 9.85. The molecule has 0 unspecified atom stereocenters. The van der Waals surface area contributed by atoms with E-state index in [1.807, 2.05) is 121 Å². The number of hydrogen-bond acceptors (Lipinski definition) is 5. The maximum Gasteiger partial charge on any atom is 0.526 e. The summed E-state index contributed by atoms with van der Waals surface area (Å²) in [7, 11) is -11.8. The van der Waals surface area contributed by atoms with Gasteiger partial charge in [-0.3, -0.25) is 0 Å². The molecule has 11 rings (SSSR count). The van der Waals surface area contributed by atoms with Crippen LogP contribution in [0.3, 0.4) is 0 Å². The number of hydrogen-bond donors (Lipinski definition) is 1. The average molecular weight is 798 g/mol. The first kappa shape index (κ1) is 34.6. The van der Waals surface area contributed by atoms with E-state index in [-0.39, 0.29) is 11.5 Å². The Labute approximate surface area is 325 Å². The van der Waals surface area contributed by atoms with Gasteiger partial charge in [-0.1, -0.05) is 126 Å². The van der Waals surface area contributed by atoms with Gasteiger partial charge in [-0.15, -0.1) is 0 Å². The number of nitrogens with one attached hydrogen (secondary N) is 1. The number of rotatable bonds is 4. The third-order valence-corrected chi connectivity index (χ3v) is 15.4. The van der Waals surface area contributed by atoms with Crippen LogP contribution in [-0.2, 0) is 32.8 Å². The molecule has 0 aromatic heterocycles. The minimum absolute atomic E-state index is 0.0548. The van der Waals surface area contributed by atoms with E-state index in [1.165, 1.54) is 4.49 Å². The number of halogens is 3. The molecule has 0 bridgehead atoms. The van der Waals surface area contributed by atoms with E-state index in [0.29, 0.717) is 47.9 Å². The van der Waals surface area contributed by atoms with Crippen LogP contribution in [0.5, 0.6) is 11.5 Å². The lowest BCUT2D eigenvalue weighted by Crippen LogP contribution is -2.37. The quantitative estimate of drug-likeness (QED) is 0.142. The van der Waals surface area contributed by atoms with Gasteiger partial charge in [0.1, 0.15) is 11.5 Å². The highest BCUT2D eigenvalue weighted by Gasteiger charge is 2.56. The Balaban J connectivity index is 1.27. The number of alkyl halides is 3. The molecular weight excluding hydrogens is 767 g/mol. The van der Waals surface area contributed by atoms with Crippen molar-refractivity contribution in [2.24, 2.45) is 0 Å². The molecule has 57 heavy (non-hydrogen) atoms. The van der Waals surface area contributed by atoms with E-state index in [1.54, 1.807) is 0 Å². The van der Waals surface area contributed by atoms with Gasteiger partial charge in [0.05, 0.1) is 0 Å². The molecule has 0 atom stereocenters. The van der Waals surface area contributed by atoms with E-state index in [9.17, 15) is 21.6 Å². The van der Waals surface area contributed by atoms with Crippen molar-refractivity contribution in [1.29, 1.82) is 0 Å². The minimum atomic E-state index is -6.26. The summed E-state index contributed by atoms with van der Waals surface area (Å²) >= 11 is 0. The fourth-order valence-corrected chi connectivity index (χ4v) is 12.6. The fraction of sp³-hybridized carbons (Fsp3) is 0.130. The molecule has 1 N–H and O–H groups in total. The van der Waals surface area contributed by atoms with Crippen molar-refractivity contribution in [3.8, 4) is 33.8 Å². The van der Waals surface area contributed by atoms with Crippen LogP contribution in [0.1, 0.15) is 35.1 Å². The molecule has 11 heteroatoms. The number of fused-ring (bicyclic) bond motifs is 4. The summed E-state index contributed by atoms with van der Waals surface area (Å²) in [4.78, 5) is 0. The molecule has 8 aromatic carbocycles. The Morgan fingerprint density at radius 3 is 1.30 bits per heavy atom. The van der Waals surface area contributed by atoms with Crippen molar-refractivity contribution in [2.45, 2.75) is 36.6 Å². The Kier molecular flexibility index (Phi) is 7.23. The van der Waals surface area contributed by atoms with Crippen LogP contribution in [-0.4, -0.2) is 13.9 Å². The lowest BCUT2D eigenvalue weighted by molar-refractivity contribution is -0.0443. The number of aryl methyl sites for hydroxylation is 2. The molecule has 2 aliphatic carbocycles. The summed E-state index contributed by atoms with van der Waals surface area (Å²) in [6, 6.07) is 43.0. The van der Waals surface area contributed by atoms with Crippen molar-refractivity contribution in [1.82, 2.24) is 4.49 Å². The Morgan fingerprint density at radius 2 is 0.930 bits per heavy atom. The monoisotopic (exact) mass is 797 g/mol. The Hall–Kier alpha value is -5.67. The summed E-state index contributed by atoms with van der Waals surface area (Å²) < 4.78 is 98.8. The highest BCUT2D eigenvalue weighted by atomic mass is 32.2. The third kappa shape index (κ3) is 5.00. The summed E-state index contributed by atoms with van der Waals surface area (Å²) in [5, 5.41) is 7.02. The van der Waals surface area contributed by atoms with Crippen LogP contribution in [0.25, 0.3) is 65.3 Å². The second-order valence-electron chi connectivity index (χ2n) is 15.1. The molecule has 3 aliphatic rings. The van der Waals surface area contributed by atoms with Crippen LogP contribution >= 0.6 is 7.75 Å². The van der Waals surface area contributed by atoms with E-state index < -0.39 is 28.7 Å². The van der Waals surface area contributed by atoms with Crippen LogP contribution < -0.4 is 13.5 Å². The smallest absolute Gasteiger partial charge is 0.403 e. The molecule has 1 heterocycles. The predicted molar refractivity (Wildman–Crippen MR) is 218 cm³/mol. The highest BCUT2D eigenvalue weighted by molar-refractivity contribution is 7.95. The first-order chi connectivity index (χ1) is 27.4. The molecule has 1 aliphatic heterocycles. The van der Waals surface area contributed by atoms with Crippen molar-refractivity contribution < 1.29 is 35.2 Å². The second kappa shape index (κ2) is 11.9. The van der Waals surface area contributed by atoms with Crippen molar-refractivity contribution in [3.63, 3.8) is 0 Å². The number of benzene rings is 8. The Bertz CT molecular complexity index is 2940. The predicted octanol–water partition coefficient (Wildman–Crippen LogP) is 12.1. The van der Waals surface area contributed by atoms with E-state index >= 15 is 4.57 Å². The molecule has 0 saturated carbocycles. The van der Waals surface area contributed by atoms with Gasteiger partial charge >= 0.3 is 23.3 Å². The van der Waals surface area contributed by atoms with Gasteiger partial charge in [-0.25, -0.2) is 13.0 Å². The molecule has 1 spiro atoms. The van der Waals surface area contributed by atoms with Gasteiger partial charge in [0.2, 0.25) is 0 Å². The zero-order valence-electron chi connectivity index (χ0n) is 30.1. The SMILES string of the molecule is O=P1(NS(=O)(=O)C(F)(F)F)Oc2c(-c3c4ccccc4cc4ccccc34)ccc3c2C2(CC3)CCc3ccc(-c4c5ccccc5cc5ccccc45)c(c32)O1. The topological polar surface area (TPSA) is 81.7 Å². The van der Waals surface area contributed by atoms with Crippen molar-refractivity contribution in [2.75, 3.05) is 0 Å². The van der Waals surface area contributed by atoms with Gasteiger partial charge in [0, 0.05) is 38.8 Å². The zero-order chi connectivity index (χ0) is 38.9. The van der Waals surface area contributed by atoms with Crippen LogP contribution in [0.2, 0.25) is 0 Å².